The molecule has 1 aliphatic heterocycles. The van der Waals surface area contributed by atoms with Gasteiger partial charge in [-0.15, -0.1) is 11.3 Å². The van der Waals surface area contributed by atoms with Crippen molar-refractivity contribution in [2.45, 2.75) is 16.7 Å². The fraction of sp³-hybridized carbons (Fsp3) is 0.333. The van der Waals surface area contributed by atoms with Crippen molar-refractivity contribution in [1.29, 1.82) is 0 Å². The molecule has 0 spiro atoms. The first-order chi connectivity index (χ1) is 7.93. The molecule has 1 saturated heterocycles. The summed E-state index contributed by atoms with van der Waals surface area (Å²) in [4.78, 5) is 22.0. The van der Waals surface area contributed by atoms with Gasteiger partial charge in [0, 0.05) is 6.42 Å². The third-order valence-electron chi connectivity index (χ3n) is 2.43. The molecule has 17 heavy (non-hydrogen) atoms. The smallest absolute Gasteiger partial charge is 0.253 e. The zero-order valence-corrected chi connectivity index (χ0v) is 10.2. The number of hydrogen-bond donors (Lipinski definition) is 0. The van der Waals surface area contributed by atoms with Gasteiger partial charge in [0.25, 0.3) is 10.0 Å². The lowest BCUT2D eigenvalue weighted by atomic mass is 10.2. The third-order valence-corrected chi connectivity index (χ3v) is 5.66. The number of carboxylic acids is 1. The second-order valence-corrected chi connectivity index (χ2v) is 6.63. The molecule has 0 aliphatic carbocycles. The number of sulfonamides is 1. The van der Waals surface area contributed by atoms with Crippen molar-refractivity contribution >= 4 is 33.1 Å². The Morgan fingerprint density at radius 1 is 1.53 bits per heavy atom. The molecule has 0 radical (unpaired) electrons. The van der Waals surface area contributed by atoms with E-state index >= 15 is 0 Å². The SMILES string of the molecule is O=C1C[C@@H](C(=O)[O-])N(S(=O)(=O)c2cccs2)C1. The van der Waals surface area contributed by atoms with E-state index in [0.717, 1.165) is 11.3 Å². The van der Waals surface area contributed by atoms with Crippen LogP contribution in [-0.4, -0.2) is 37.1 Å². The van der Waals surface area contributed by atoms with E-state index in [1.54, 1.807) is 11.4 Å². The molecule has 1 aliphatic rings. The van der Waals surface area contributed by atoms with Gasteiger partial charge in [-0.2, -0.15) is 4.31 Å². The molecule has 1 fully saturated rings. The first kappa shape index (κ1) is 12.2. The minimum Gasteiger partial charge on any atom is -0.548 e. The number of aliphatic carboxylic acids is 1. The number of carbonyl (C=O) groups excluding carboxylic acids is 2. The molecule has 92 valence electrons. The van der Waals surface area contributed by atoms with Gasteiger partial charge in [0.15, 0.2) is 0 Å². The number of ketones is 1. The predicted molar refractivity (Wildman–Crippen MR) is 56.6 cm³/mol. The fourth-order valence-electron chi connectivity index (χ4n) is 1.65. The Morgan fingerprint density at radius 3 is 2.76 bits per heavy atom. The molecular formula is C9H8NO5S2-. The van der Waals surface area contributed by atoms with Gasteiger partial charge in [0.2, 0.25) is 0 Å². The lowest BCUT2D eigenvalue weighted by Crippen LogP contribution is -2.46. The van der Waals surface area contributed by atoms with Crippen LogP contribution < -0.4 is 5.11 Å². The highest BCUT2D eigenvalue weighted by molar-refractivity contribution is 7.91. The summed E-state index contributed by atoms with van der Waals surface area (Å²) in [6, 6.07) is 1.52. The molecule has 6 nitrogen and oxygen atoms in total. The Bertz CT molecular complexity index is 548. The van der Waals surface area contributed by atoms with Gasteiger partial charge in [0.05, 0.1) is 18.6 Å². The number of Topliss-reactive ketones (excluding diaryl/α,β-unsaturated/α-hetero) is 1. The van der Waals surface area contributed by atoms with Crippen LogP contribution in [0.3, 0.4) is 0 Å². The normalized spacial score (nSPS) is 21.9. The average Bonchev–Trinajstić information content (AvgIpc) is 2.84. The summed E-state index contributed by atoms with van der Waals surface area (Å²) >= 11 is 0.977. The molecule has 0 aromatic carbocycles. The summed E-state index contributed by atoms with van der Waals surface area (Å²) in [5.41, 5.74) is 0. The second kappa shape index (κ2) is 4.21. The van der Waals surface area contributed by atoms with Gasteiger partial charge in [-0.05, 0) is 11.4 Å². The molecule has 1 aromatic heterocycles. The second-order valence-electron chi connectivity index (χ2n) is 3.56. The standard InChI is InChI=1S/C9H9NO5S2/c11-6-4-7(9(12)13)10(5-6)17(14,15)8-2-1-3-16-8/h1-3,7H,4-5H2,(H,12,13)/p-1/t7-/m0/s1. The number of rotatable bonds is 3. The van der Waals surface area contributed by atoms with Crippen molar-refractivity contribution < 1.29 is 23.1 Å². The number of nitrogens with zero attached hydrogens (tertiary/aromatic N) is 1. The lowest BCUT2D eigenvalue weighted by molar-refractivity contribution is -0.309. The summed E-state index contributed by atoms with van der Waals surface area (Å²) in [5.74, 6) is -1.96. The van der Waals surface area contributed by atoms with Crippen molar-refractivity contribution in [1.82, 2.24) is 4.31 Å². The molecule has 0 saturated carbocycles. The van der Waals surface area contributed by atoms with Crippen LogP contribution in [0.4, 0.5) is 0 Å². The zero-order chi connectivity index (χ0) is 12.6. The minimum absolute atomic E-state index is 0.0263. The molecule has 2 rings (SSSR count). The van der Waals surface area contributed by atoms with Crippen molar-refractivity contribution in [3.05, 3.63) is 17.5 Å². The first-order valence-corrected chi connectivity index (χ1v) is 7.03. The van der Waals surface area contributed by atoms with Gasteiger partial charge in [-0.1, -0.05) is 6.07 Å². The monoisotopic (exact) mass is 274 g/mol. The summed E-state index contributed by atoms with van der Waals surface area (Å²) in [6.07, 6.45) is -0.326. The first-order valence-electron chi connectivity index (χ1n) is 4.71. The van der Waals surface area contributed by atoms with E-state index in [0.29, 0.717) is 4.31 Å². The Balaban J connectivity index is 2.40. The number of hydrogen-bond acceptors (Lipinski definition) is 6. The molecule has 1 atom stereocenters. The van der Waals surface area contributed by atoms with Crippen molar-refractivity contribution in [2.75, 3.05) is 6.54 Å². The van der Waals surface area contributed by atoms with Crippen LogP contribution in [0.5, 0.6) is 0 Å². The number of carbonyl (C=O) groups is 2. The summed E-state index contributed by atoms with van der Waals surface area (Å²) in [7, 11) is -3.91. The molecule has 0 unspecified atom stereocenters. The molecule has 8 heteroatoms. The molecule has 0 N–H and O–H groups in total. The highest BCUT2D eigenvalue weighted by atomic mass is 32.2. The van der Waals surface area contributed by atoms with Crippen LogP contribution in [0.2, 0.25) is 0 Å². The van der Waals surface area contributed by atoms with Gasteiger partial charge in [-0.3, -0.25) is 4.79 Å². The summed E-state index contributed by atoms with van der Waals surface area (Å²) < 4.78 is 24.8. The Morgan fingerprint density at radius 2 is 2.24 bits per heavy atom. The van der Waals surface area contributed by atoms with Gasteiger partial charge < -0.3 is 9.90 Å². The van der Waals surface area contributed by atoms with E-state index in [4.69, 9.17) is 0 Å². The predicted octanol–water partition coefficient (Wildman–Crippen LogP) is -1.17. The average molecular weight is 274 g/mol. The van der Waals surface area contributed by atoms with Crippen molar-refractivity contribution in [3.8, 4) is 0 Å². The maximum atomic E-state index is 12.0. The summed E-state index contributed by atoms with van der Waals surface area (Å²) in [5, 5.41) is 12.4. The molecule has 1 aromatic rings. The number of thiophene rings is 1. The van der Waals surface area contributed by atoms with Crippen molar-refractivity contribution in [2.24, 2.45) is 0 Å². The van der Waals surface area contributed by atoms with Crippen LogP contribution in [0, 0.1) is 0 Å². The van der Waals surface area contributed by atoms with E-state index in [9.17, 15) is 23.1 Å². The lowest BCUT2D eigenvalue weighted by Gasteiger charge is -2.22. The van der Waals surface area contributed by atoms with Gasteiger partial charge in [-0.25, -0.2) is 8.42 Å². The molecule has 2 heterocycles. The van der Waals surface area contributed by atoms with E-state index in [2.05, 4.69) is 0 Å². The van der Waals surface area contributed by atoms with E-state index in [1.165, 1.54) is 6.07 Å². The highest BCUT2D eigenvalue weighted by Crippen LogP contribution is 2.26. The van der Waals surface area contributed by atoms with Gasteiger partial charge in [0.1, 0.15) is 9.99 Å². The molecule has 0 bridgehead atoms. The maximum Gasteiger partial charge on any atom is 0.253 e. The van der Waals surface area contributed by atoms with E-state index in [1.807, 2.05) is 0 Å². The largest absolute Gasteiger partial charge is 0.548 e. The van der Waals surface area contributed by atoms with Crippen LogP contribution >= 0.6 is 11.3 Å². The van der Waals surface area contributed by atoms with Crippen LogP contribution in [0.25, 0.3) is 0 Å². The maximum absolute atomic E-state index is 12.0. The molecular weight excluding hydrogens is 266 g/mol. The van der Waals surface area contributed by atoms with Crippen LogP contribution in [0.1, 0.15) is 6.42 Å². The highest BCUT2D eigenvalue weighted by Gasteiger charge is 2.40. The van der Waals surface area contributed by atoms with Crippen LogP contribution in [-0.2, 0) is 19.6 Å². The fourth-order valence-corrected chi connectivity index (χ4v) is 4.33. The Kier molecular flexibility index (Phi) is 3.02. The topological polar surface area (TPSA) is 94.6 Å². The Labute approximate surface area is 102 Å². The quantitative estimate of drug-likeness (QED) is 0.692. The van der Waals surface area contributed by atoms with Crippen LogP contribution in [0.15, 0.2) is 21.7 Å². The van der Waals surface area contributed by atoms with Gasteiger partial charge >= 0.3 is 0 Å². The summed E-state index contributed by atoms with van der Waals surface area (Å²) in [6.45, 7) is -0.404. The third kappa shape index (κ3) is 2.11. The van der Waals surface area contributed by atoms with Crippen molar-refractivity contribution in [3.63, 3.8) is 0 Å². The molecule has 0 amide bonds. The van der Waals surface area contributed by atoms with E-state index < -0.39 is 34.4 Å². The minimum atomic E-state index is -3.91. The Hall–Kier alpha value is -1.25. The number of carboxylic acid groups (broad SMARTS) is 1. The zero-order valence-electron chi connectivity index (χ0n) is 8.53. The van der Waals surface area contributed by atoms with E-state index in [-0.39, 0.29) is 10.6 Å².